The molecule has 0 heterocycles. The molecule has 2 aromatic rings. The quantitative estimate of drug-likeness (QED) is 0.650. The Morgan fingerprint density at radius 3 is 1.59 bits per heavy atom. The molecule has 5 heteroatoms. The average molecular weight is 380 g/mol. The topological polar surface area (TPSA) is 0 Å². The third-order valence-corrected chi connectivity index (χ3v) is 4.06. The van der Waals surface area contributed by atoms with Crippen LogP contribution in [0.3, 0.4) is 0 Å². The van der Waals surface area contributed by atoms with Gasteiger partial charge in [0, 0.05) is 18.7 Å². The summed E-state index contributed by atoms with van der Waals surface area (Å²) in [7, 11) is 0. The van der Waals surface area contributed by atoms with Crippen molar-refractivity contribution in [1.82, 2.24) is 0 Å². The third kappa shape index (κ3) is 3.30. The summed E-state index contributed by atoms with van der Waals surface area (Å²) in [5.41, 5.74) is 0. The largest absolute Gasteiger partial charge is 0.206 e. The van der Waals surface area contributed by atoms with Gasteiger partial charge >= 0.3 is 0 Å². The molecule has 0 spiro atoms. The highest BCUT2D eigenvalue weighted by molar-refractivity contribution is 9.10. The second kappa shape index (κ2) is 5.50. The SMILES string of the molecule is Fc1ccc(Br)cc1Sc1cc(Br)ccc1F. The molecule has 0 fully saturated rings. The highest BCUT2D eigenvalue weighted by Crippen LogP contribution is 2.34. The molecule has 0 amide bonds. The van der Waals surface area contributed by atoms with E-state index in [0.29, 0.717) is 9.79 Å². The van der Waals surface area contributed by atoms with E-state index in [4.69, 9.17) is 0 Å². The maximum absolute atomic E-state index is 13.5. The van der Waals surface area contributed by atoms with Crippen LogP contribution in [0.4, 0.5) is 8.78 Å². The fourth-order valence-corrected chi connectivity index (χ4v) is 3.19. The van der Waals surface area contributed by atoms with E-state index in [1.807, 2.05) is 0 Å². The predicted octanol–water partition coefficient (Wildman–Crippen LogP) is 5.64. The van der Waals surface area contributed by atoms with Gasteiger partial charge in [-0.05, 0) is 36.4 Å². The lowest BCUT2D eigenvalue weighted by molar-refractivity contribution is 0.595. The average Bonchev–Trinajstić information content (AvgIpc) is 2.28. The van der Waals surface area contributed by atoms with Gasteiger partial charge in [0.25, 0.3) is 0 Å². The summed E-state index contributed by atoms with van der Waals surface area (Å²) in [6.45, 7) is 0. The van der Waals surface area contributed by atoms with Crippen LogP contribution in [0, 0.1) is 11.6 Å². The standard InChI is InChI=1S/C12H6Br2F2S/c13-7-1-3-9(15)11(5-7)17-12-6-8(14)2-4-10(12)16/h1-6H. The van der Waals surface area contributed by atoms with E-state index in [0.717, 1.165) is 20.7 Å². The molecule has 0 aliphatic rings. The van der Waals surface area contributed by atoms with E-state index in [1.54, 1.807) is 24.3 Å². The maximum atomic E-state index is 13.5. The van der Waals surface area contributed by atoms with Crippen molar-refractivity contribution >= 4 is 43.6 Å². The molecule has 0 atom stereocenters. The van der Waals surface area contributed by atoms with Crippen LogP contribution in [-0.2, 0) is 0 Å². The van der Waals surface area contributed by atoms with Crippen LogP contribution in [0.5, 0.6) is 0 Å². The van der Waals surface area contributed by atoms with Gasteiger partial charge < -0.3 is 0 Å². The normalized spacial score (nSPS) is 10.6. The Balaban J connectivity index is 2.37. The molecule has 2 rings (SSSR count). The number of rotatable bonds is 2. The van der Waals surface area contributed by atoms with E-state index >= 15 is 0 Å². The third-order valence-electron chi connectivity index (χ3n) is 2.01. The highest BCUT2D eigenvalue weighted by atomic mass is 79.9. The molecule has 2 aromatic carbocycles. The first-order valence-electron chi connectivity index (χ1n) is 4.64. The van der Waals surface area contributed by atoms with Crippen LogP contribution in [-0.4, -0.2) is 0 Å². The Bertz CT molecular complexity index is 509. The lowest BCUT2D eigenvalue weighted by Crippen LogP contribution is -1.84. The van der Waals surface area contributed by atoms with Crippen LogP contribution in [0.2, 0.25) is 0 Å². The Morgan fingerprint density at radius 2 is 1.18 bits per heavy atom. The summed E-state index contributed by atoms with van der Waals surface area (Å²) < 4.78 is 28.5. The molecule has 17 heavy (non-hydrogen) atoms. The molecule has 0 N–H and O–H groups in total. The maximum Gasteiger partial charge on any atom is 0.137 e. The molecule has 0 aliphatic heterocycles. The lowest BCUT2D eigenvalue weighted by atomic mass is 10.3. The van der Waals surface area contributed by atoms with Crippen LogP contribution in [0.25, 0.3) is 0 Å². The predicted molar refractivity (Wildman–Crippen MR) is 72.3 cm³/mol. The molecule has 0 aromatic heterocycles. The summed E-state index contributed by atoms with van der Waals surface area (Å²) in [6.07, 6.45) is 0. The minimum atomic E-state index is -0.363. The first-order valence-corrected chi connectivity index (χ1v) is 7.04. The van der Waals surface area contributed by atoms with Gasteiger partial charge in [-0.1, -0.05) is 43.6 Å². The molecule has 0 unspecified atom stereocenters. The van der Waals surface area contributed by atoms with Gasteiger partial charge in [0.05, 0.1) is 0 Å². The van der Waals surface area contributed by atoms with E-state index in [2.05, 4.69) is 31.9 Å². The molecule has 0 nitrogen and oxygen atoms in total. The van der Waals surface area contributed by atoms with Gasteiger partial charge in [0.2, 0.25) is 0 Å². The van der Waals surface area contributed by atoms with Crippen molar-refractivity contribution in [1.29, 1.82) is 0 Å². The fraction of sp³-hybridized carbons (Fsp3) is 0. The molecular formula is C12H6Br2F2S. The zero-order valence-corrected chi connectivity index (χ0v) is 12.4. The van der Waals surface area contributed by atoms with E-state index in [-0.39, 0.29) is 11.6 Å². The Morgan fingerprint density at radius 1 is 0.765 bits per heavy atom. The molecule has 0 aliphatic carbocycles. The van der Waals surface area contributed by atoms with Crippen LogP contribution >= 0.6 is 43.6 Å². The molecule has 0 saturated heterocycles. The van der Waals surface area contributed by atoms with Gasteiger partial charge in [-0.2, -0.15) is 0 Å². The zero-order valence-electron chi connectivity index (χ0n) is 8.38. The molecule has 88 valence electrons. The monoisotopic (exact) mass is 378 g/mol. The van der Waals surface area contributed by atoms with Gasteiger partial charge in [-0.3, -0.25) is 0 Å². The Labute approximate surface area is 119 Å². The first kappa shape index (κ1) is 13.1. The van der Waals surface area contributed by atoms with Crippen LogP contribution in [0.1, 0.15) is 0 Å². The first-order chi connectivity index (χ1) is 8.06. The minimum absolute atomic E-state index is 0.363. The molecule has 0 bridgehead atoms. The van der Waals surface area contributed by atoms with Crippen molar-refractivity contribution in [2.24, 2.45) is 0 Å². The highest BCUT2D eigenvalue weighted by Gasteiger charge is 2.09. The second-order valence-electron chi connectivity index (χ2n) is 3.25. The van der Waals surface area contributed by atoms with Gasteiger partial charge in [0.1, 0.15) is 11.6 Å². The van der Waals surface area contributed by atoms with Gasteiger partial charge in [-0.15, -0.1) is 0 Å². The Hall–Kier alpha value is -0.390. The summed E-state index contributed by atoms with van der Waals surface area (Å²) in [5, 5.41) is 0. The van der Waals surface area contributed by atoms with E-state index in [1.165, 1.54) is 12.1 Å². The lowest BCUT2D eigenvalue weighted by Gasteiger charge is -2.05. The van der Waals surface area contributed by atoms with Crippen molar-refractivity contribution in [2.75, 3.05) is 0 Å². The van der Waals surface area contributed by atoms with E-state index < -0.39 is 0 Å². The van der Waals surface area contributed by atoms with Crippen LogP contribution in [0.15, 0.2) is 55.1 Å². The minimum Gasteiger partial charge on any atom is -0.206 e. The summed E-state index contributed by atoms with van der Waals surface area (Å²) in [4.78, 5) is 0.771. The molecule has 0 saturated carbocycles. The summed E-state index contributed by atoms with van der Waals surface area (Å²) in [6, 6.07) is 9.17. The van der Waals surface area contributed by atoms with Crippen molar-refractivity contribution in [2.45, 2.75) is 9.79 Å². The van der Waals surface area contributed by atoms with E-state index in [9.17, 15) is 8.78 Å². The Kier molecular flexibility index (Phi) is 4.22. The number of halogens is 4. The number of hydrogen-bond acceptors (Lipinski definition) is 1. The van der Waals surface area contributed by atoms with Crippen molar-refractivity contribution in [3.63, 3.8) is 0 Å². The molecular weight excluding hydrogens is 374 g/mol. The molecule has 0 radical (unpaired) electrons. The fourth-order valence-electron chi connectivity index (χ4n) is 1.23. The van der Waals surface area contributed by atoms with Crippen molar-refractivity contribution in [3.8, 4) is 0 Å². The smallest absolute Gasteiger partial charge is 0.137 e. The van der Waals surface area contributed by atoms with Gasteiger partial charge in [0.15, 0.2) is 0 Å². The number of hydrogen-bond donors (Lipinski definition) is 0. The van der Waals surface area contributed by atoms with Gasteiger partial charge in [-0.25, -0.2) is 8.78 Å². The zero-order chi connectivity index (χ0) is 12.4. The second-order valence-corrected chi connectivity index (χ2v) is 6.17. The van der Waals surface area contributed by atoms with Crippen molar-refractivity contribution < 1.29 is 8.78 Å². The summed E-state index contributed by atoms with van der Waals surface area (Å²) in [5.74, 6) is -0.727. The summed E-state index contributed by atoms with van der Waals surface area (Å²) >= 11 is 7.58. The van der Waals surface area contributed by atoms with Crippen LogP contribution < -0.4 is 0 Å². The number of benzene rings is 2. The van der Waals surface area contributed by atoms with Crippen molar-refractivity contribution in [3.05, 3.63) is 57.0 Å².